The zero-order valence-electron chi connectivity index (χ0n) is 19.9. The molecule has 1 aromatic rings. The second kappa shape index (κ2) is 6.41. The minimum absolute atomic E-state index is 0.156. The predicted molar refractivity (Wildman–Crippen MR) is 97.1 cm³/mol. The first kappa shape index (κ1) is 15.2. The first-order valence-electron chi connectivity index (χ1n) is 11.1. The molecule has 1 atom stereocenters. The van der Waals surface area contributed by atoms with Gasteiger partial charge < -0.3 is 0 Å². The molecule has 4 rings (SSSR count). The average Bonchev–Trinajstić information content (AvgIpc) is 2.87. The quantitative estimate of drug-likeness (QED) is 0.750. The van der Waals surface area contributed by atoms with Crippen molar-refractivity contribution in [3.05, 3.63) is 34.4 Å². The molecule has 2 fully saturated rings. The molecule has 7 nitrogen and oxygen atoms in total. The van der Waals surface area contributed by atoms with Crippen LogP contribution in [0.15, 0.2) is 6.07 Å². The summed E-state index contributed by atoms with van der Waals surface area (Å²) in [5.74, 6) is -8.70. The van der Waals surface area contributed by atoms with Crippen LogP contribution in [0.1, 0.15) is 71.3 Å². The fourth-order valence-electron chi connectivity index (χ4n) is 3.61. The summed E-state index contributed by atoms with van der Waals surface area (Å²) in [7, 11) is 0. The van der Waals surface area contributed by atoms with Crippen molar-refractivity contribution in [2.75, 3.05) is 13.0 Å². The maximum absolute atomic E-state index is 15.6. The molecule has 4 amide bonds. The third-order valence-corrected chi connectivity index (χ3v) is 5.13. The Morgan fingerprint density at radius 3 is 2.38 bits per heavy atom. The molecule has 3 heterocycles. The molecule has 0 saturated carbocycles. The van der Waals surface area contributed by atoms with Gasteiger partial charge in [0.1, 0.15) is 17.7 Å². The summed E-state index contributed by atoms with van der Waals surface area (Å²) in [6.45, 7) is -0.365. The number of halogens is 2. The van der Waals surface area contributed by atoms with Gasteiger partial charge in [0, 0.05) is 41.9 Å². The van der Waals surface area contributed by atoms with Gasteiger partial charge in [-0.2, -0.15) is 0 Å². The molecule has 0 bridgehead atoms. The Kier molecular flexibility index (Phi) is 3.36. The van der Waals surface area contributed by atoms with Crippen LogP contribution in [0.25, 0.3) is 0 Å². The van der Waals surface area contributed by atoms with Crippen molar-refractivity contribution in [1.29, 1.82) is 0 Å². The molecular formula is C20H21F2N3O4. The number of likely N-dealkylation sites (tertiary alicyclic amines) is 1. The maximum Gasteiger partial charge on any atom is 0.265 e. The van der Waals surface area contributed by atoms with Crippen molar-refractivity contribution in [2.45, 2.75) is 51.1 Å². The molecule has 3 aliphatic rings. The number of carbonyl (C=O) groups is 4. The summed E-state index contributed by atoms with van der Waals surface area (Å²) in [6.07, 6.45) is -0.335. The zero-order chi connectivity index (χ0) is 24.8. The number of rotatable bonds is 2. The van der Waals surface area contributed by atoms with E-state index in [2.05, 4.69) is 0 Å². The van der Waals surface area contributed by atoms with E-state index in [0.717, 1.165) is 4.90 Å². The highest BCUT2D eigenvalue weighted by Crippen LogP contribution is 2.39. The van der Waals surface area contributed by atoms with Crippen LogP contribution in [0, 0.1) is 11.6 Å². The Labute approximate surface area is 171 Å². The van der Waals surface area contributed by atoms with E-state index in [4.69, 9.17) is 5.48 Å². The standard InChI is InChI=1S/C20H21F2N3O4/c1-20(2,3)24-7-9(8-24)14-11(21)6-10-15(16(14)22)19(29)25(18(10)28)12-4-5-13(26)23-17(12)27/h6,9,12H,4-5,7-8H2,1-3H3,(H,23,26,27)/t12-/m0/s1/i7D2,8D2. The number of carbonyl (C=O) groups excluding carboxylic acids is 4. The number of piperidine rings is 1. The summed E-state index contributed by atoms with van der Waals surface area (Å²) in [5, 5.41) is 1.99. The summed E-state index contributed by atoms with van der Waals surface area (Å²) in [4.78, 5) is 50.6. The molecule has 0 radical (unpaired) electrons. The molecule has 2 saturated heterocycles. The van der Waals surface area contributed by atoms with Gasteiger partial charge in [-0.05, 0) is 33.3 Å². The van der Waals surface area contributed by atoms with Crippen LogP contribution in [0.2, 0.25) is 0 Å². The minimum atomic E-state index is -2.51. The van der Waals surface area contributed by atoms with Gasteiger partial charge in [-0.3, -0.25) is 34.3 Å². The second-order valence-electron chi connectivity index (χ2n) is 8.15. The second-order valence-corrected chi connectivity index (χ2v) is 8.15. The lowest BCUT2D eigenvalue weighted by Gasteiger charge is -2.48. The van der Waals surface area contributed by atoms with E-state index in [-0.39, 0.29) is 12.8 Å². The van der Waals surface area contributed by atoms with E-state index >= 15 is 8.78 Å². The predicted octanol–water partition coefficient (Wildman–Crippen LogP) is 1.56. The topological polar surface area (TPSA) is 86.8 Å². The third-order valence-electron chi connectivity index (χ3n) is 5.13. The number of nitrogens with one attached hydrogen (secondary N) is 1. The molecule has 0 unspecified atom stereocenters. The van der Waals surface area contributed by atoms with E-state index in [1.165, 1.54) is 0 Å². The van der Waals surface area contributed by atoms with Crippen molar-refractivity contribution in [1.82, 2.24) is 15.1 Å². The van der Waals surface area contributed by atoms with Gasteiger partial charge in [0.05, 0.1) is 11.1 Å². The summed E-state index contributed by atoms with van der Waals surface area (Å²) in [5.41, 5.74) is -3.49. The smallest absolute Gasteiger partial charge is 0.265 e. The molecule has 0 aromatic heterocycles. The highest BCUT2D eigenvalue weighted by atomic mass is 19.1. The lowest BCUT2D eigenvalue weighted by Crippen LogP contribution is -2.55. The van der Waals surface area contributed by atoms with E-state index in [1.807, 2.05) is 5.32 Å². The number of amides is 4. The number of hydrogen-bond donors (Lipinski definition) is 1. The highest BCUT2D eigenvalue weighted by Gasteiger charge is 2.48. The largest absolute Gasteiger partial charge is 0.297 e. The van der Waals surface area contributed by atoms with Gasteiger partial charge >= 0.3 is 0 Å². The molecule has 9 heteroatoms. The summed E-state index contributed by atoms with van der Waals surface area (Å²) >= 11 is 0. The van der Waals surface area contributed by atoms with E-state index in [1.54, 1.807) is 20.8 Å². The molecular weight excluding hydrogens is 384 g/mol. The van der Waals surface area contributed by atoms with Crippen LogP contribution in [0.3, 0.4) is 0 Å². The van der Waals surface area contributed by atoms with Crippen molar-refractivity contribution in [2.24, 2.45) is 0 Å². The molecule has 1 aromatic carbocycles. The lowest BCUT2D eigenvalue weighted by molar-refractivity contribution is -0.136. The van der Waals surface area contributed by atoms with Gasteiger partial charge in [-0.1, -0.05) is 0 Å². The van der Waals surface area contributed by atoms with Crippen LogP contribution in [0.5, 0.6) is 0 Å². The first-order chi connectivity index (χ1) is 15.0. The zero-order valence-corrected chi connectivity index (χ0v) is 15.9. The fraction of sp³-hybridized carbons (Fsp3) is 0.500. The normalized spacial score (nSPS) is 28.9. The van der Waals surface area contributed by atoms with Gasteiger partial charge in [-0.15, -0.1) is 0 Å². The number of hydrogen-bond acceptors (Lipinski definition) is 5. The van der Waals surface area contributed by atoms with Gasteiger partial charge in [0.15, 0.2) is 0 Å². The molecule has 1 N–H and O–H groups in total. The lowest BCUT2D eigenvalue weighted by atomic mass is 9.85. The summed E-state index contributed by atoms with van der Waals surface area (Å²) < 4.78 is 64.0. The van der Waals surface area contributed by atoms with Crippen LogP contribution in [0.4, 0.5) is 8.78 Å². The number of benzene rings is 1. The number of imide groups is 2. The van der Waals surface area contributed by atoms with Gasteiger partial charge in [0.25, 0.3) is 11.8 Å². The van der Waals surface area contributed by atoms with E-state index in [9.17, 15) is 19.2 Å². The molecule has 3 aliphatic heterocycles. The Balaban J connectivity index is 1.80. The van der Waals surface area contributed by atoms with Crippen molar-refractivity contribution in [3.8, 4) is 0 Å². The van der Waals surface area contributed by atoms with Crippen LogP contribution in [-0.2, 0) is 9.59 Å². The minimum Gasteiger partial charge on any atom is -0.297 e. The third kappa shape index (κ3) is 2.95. The summed E-state index contributed by atoms with van der Waals surface area (Å²) in [6, 6.07) is -0.815. The number of fused-ring (bicyclic) bond motifs is 1. The average molecular weight is 409 g/mol. The van der Waals surface area contributed by atoms with E-state index < -0.39 is 82.4 Å². The molecule has 0 spiro atoms. The Bertz CT molecular complexity index is 1120. The van der Waals surface area contributed by atoms with Crippen molar-refractivity contribution < 1.29 is 33.4 Å². The van der Waals surface area contributed by atoms with Crippen LogP contribution >= 0.6 is 0 Å². The van der Waals surface area contributed by atoms with Crippen LogP contribution < -0.4 is 5.32 Å². The van der Waals surface area contributed by atoms with Gasteiger partial charge in [0.2, 0.25) is 11.8 Å². The van der Waals surface area contributed by atoms with E-state index in [0.29, 0.717) is 11.0 Å². The Hall–Kier alpha value is -2.68. The molecule has 0 aliphatic carbocycles. The number of nitrogens with zero attached hydrogens (tertiary/aromatic N) is 2. The molecule has 154 valence electrons. The Morgan fingerprint density at radius 1 is 1.14 bits per heavy atom. The SMILES string of the molecule is [2H]C1([2H])C(c2c(F)cc3c(c2F)C(=O)N([C@H]2CCC(=O)NC2=O)C3=O)C([2H])([2H])N1C(C)(C)C. The fourth-order valence-corrected chi connectivity index (χ4v) is 3.61. The van der Waals surface area contributed by atoms with Crippen molar-refractivity contribution >= 4 is 23.6 Å². The maximum atomic E-state index is 15.6. The highest BCUT2D eigenvalue weighted by molar-refractivity contribution is 6.23. The molecule has 29 heavy (non-hydrogen) atoms. The van der Waals surface area contributed by atoms with Crippen molar-refractivity contribution in [3.63, 3.8) is 0 Å². The Morgan fingerprint density at radius 2 is 1.79 bits per heavy atom. The first-order valence-corrected chi connectivity index (χ1v) is 9.06. The van der Waals surface area contributed by atoms with Crippen LogP contribution in [-0.4, -0.2) is 58.0 Å². The van der Waals surface area contributed by atoms with Gasteiger partial charge in [-0.25, -0.2) is 8.78 Å². The monoisotopic (exact) mass is 409 g/mol.